The van der Waals surface area contributed by atoms with Crippen LogP contribution in [0.25, 0.3) is 11.1 Å². The van der Waals surface area contributed by atoms with Crippen molar-refractivity contribution < 1.29 is 9.90 Å². The quantitative estimate of drug-likeness (QED) is 0.828. The van der Waals surface area contributed by atoms with Gasteiger partial charge in [-0.15, -0.1) is 0 Å². The van der Waals surface area contributed by atoms with Gasteiger partial charge in [0.25, 0.3) is 0 Å². The molecule has 2 nitrogen and oxygen atoms in total. The maximum atomic E-state index is 11.1. The number of carbonyl (C=O) groups is 1. The van der Waals surface area contributed by atoms with Crippen LogP contribution in [-0.4, -0.2) is 11.1 Å². The highest BCUT2D eigenvalue weighted by atomic mass is 16.4. The van der Waals surface area contributed by atoms with Crippen LogP contribution in [-0.2, 0) is 0 Å². The molecule has 2 rings (SSSR count). The fraction of sp³-hybridized carbons (Fsp3) is 0.0714. The summed E-state index contributed by atoms with van der Waals surface area (Å²) in [6.45, 7) is 1.91. The van der Waals surface area contributed by atoms with Crippen molar-refractivity contribution in [1.82, 2.24) is 0 Å². The average molecular weight is 211 g/mol. The third-order valence-corrected chi connectivity index (χ3v) is 2.48. The Hall–Kier alpha value is -2.09. The van der Waals surface area contributed by atoms with Crippen LogP contribution in [0, 0.1) is 13.0 Å². The van der Waals surface area contributed by atoms with Crippen molar-refractivity contribution in [3.63, 3.8) is 0 Å². The summed E-state index contributed by atoms with van der Waals surface area (Å²) < 4.78 is 0. The topological polar surface area (TPSA) is 37.3 Å². The highest BCUT2D eigenvalue weighted by Crippen LogP contribution is 2.26. The van der Waals surface area contributed by atoms with Crippen LogP contribution in [0.4, 0.5) is 0 Å². The molecule has 0 bridgehead atoms. The number of rotatable bonds is 2. The summed E-state index contributed by atoms with van der Waals surface area (Å²) in [7, 11) is 0. The van der Waals surface area contributed by atoms with Gasteiger partial charge in [-0.1, -0.05) is 42.5 Å². The summed E-state index contributed by atoms with van der Waals surface area (Å²) >= 11 is 0. The molecule has 0 aliphatic heterocycles. The molecule has 0 atom stereocenters. The van der Waals surface area contributed by atoms with E-state index in [1.807, 2.05) is 43.3 Å². The molecule has 0 amide bonds. The van der Waals surface area contributed by atoms with E-state index in [4.69, 9.17) is 5.11 Å². The monoisotopic (exact) mass is 211 g/mol. The van der Waals surface area contributed by atoms with E-state index in [9.17, 15) is 4.79 Å². The fourth-order valence-electron chi connectivity index (χ4n) is 1.75. The van der Waals surface area contributed by atoms with Crippen molar-refractivity contribution in [3.8, 4) is 11.1 Å². The lowest BCUT2D eigenvalue weighted by molar-refractivity contribution is 0.0697. The van der Waals surface area contributed by atoms with Gasteiger partial charge in [0.1, 0.15) is 0 Å². The Morgan fingerprint density at radius 3 is 2.50 bits per heavy atom. The van der Waals surface area contributed by atoms with Crippen LogP contribution in [0.2, 0.25) is 0 Å². The first-order chi connectivity index (χ1) is 7.70. The van der Waals surface area contributed by atoms with Gasteiger partial charge in [-0.05, 0) is 29.7 Å². The maximum Gasteiger partial charge on any atom is 0.336 e. The lowest BCUT2D eigenvalue weighted by Crippen LogP contribution is -2.01. The molecule has 79 valence electrons. The molecule has 2 aromatic carbocycles. The third-order valence-electron chi connectivity index (χ3n) is 2.48. The average Bonchev–Trinajstić information content (AvgIpc) is 2.29. The van der Waals surface area contributed by atoms with E-state index in [1.165, 1.54) is 0 Å². The lowest BCUT2D eigenvalue weighted by atomic mass is 9.95. The van der Waals surface area contributed by atoms with Gasteiger partial charge in [0.05, 0.1) is 5.56 Å². The molecule has 0 fully saturated rings. The first kappa shape index (κ1) is 10.4. The zero-order valence-corrected chi connectivity index (χ0v) is 8.90. The largest absolute Gasteiger partial charge is 0.478 e. The van der Waals surface area contributed by atoms with Gasteiger partial charge < -0.3 is 5.11 Å². The zero-order valence-electron chi connectivity index (χ0n) is 8.90. The maximum absolute atomic E-state index is 11.1. The predicted octanol–water partition coefficient (Wildman–Crippen LogP) is 3.16. The molecule has 0 aliphatic rings. The second-order valence-electron chi connectivity index (χ2n) is 3.58. The van der Waals surface area contributed by atoms with Crippen LogP contribution in [0.5, 0.6) is 0 Å². The minimum Gasteiger partial charge on any atom is -0.478 e. The second kappa shape index (κ2) is 4.19. The number of benzene rings is 2. The Kier molecular flexibility index (Phi) is 2.73. The van der Waals surface area contributed by atoms with Gasteiger partial charge in [0.15, 0.2) is 0 Å². The van der Waals surface area contributed by atoms with E-state index in [1.54, 1.807) is 6.07 Å². The Morgan fingerprint density at radius 2 is 1.88 bits per heavy atom. The molecule has 0 aliphatic carbocycles. The molecule has 2 heteroatoms. The third kappa shape index (κ3) is 1.82. The minimum atomic E-state index is -0.942. The van der Waals surface area contributed by atoms with E-state index >= 15 is 0 Å². The fourth-order valence-corrected chi connectivity index (χ4v) is 1.75. The first-order valence-electron chi connectivity index (χ1n) is 5.00. The van der Waals surface area contributed by atoms with E-state index in [0.717, 1.165) is 16.7 Å². The van der Waals surface area contributed by atoms with Crippen molar-refractivity contribution in [1.29, 1.82) is 0 Å². The molecule has 1 N–H and O–H groups in total. The smallest absolute Gasteiger partial charge is 0.336 e. The van der Waals surface area contributed by atoms with Crippen LogP contribution >= 0.6 is 0 Å². The summed E-state index contributed by atoms with van der Waals surface area (Å²) in [4.78, 5) is 11.1. The van der Waals surface area contributed by atoms with Gasteiger partial charge in [0.2, 0.25) is 0 Å². The van der Waals surface area contributed by atoms with Gasteiger partial charge in [-0.25, -0.2) is 4.79 Å². The van der Waals surface area contributed by atoms with Crippen LogP contribution in [0.1, 0.15) is 15.9 Å². The molecular formula is C14H11O2. The summed E-state index contributed by atoms with van der Waals surface area (Å²) in [6, 6.07) is 15.8. The highest BCUT2D eigenvalue weighted by molar-refractivity contribution is 5.96. The molecule has 0 heterocycles. The SMILES string of the molecule is Cc1cc[c]c(C(=O)O)c1-c1ccccc1. The Morgan fingerprint density at radius 1 is 1.19 bits per heavy atom. The predicted molar refractivity (Wildman–Crippen MR) is 62.4 cm³/mol. The number of aromatic carboxylic acids is 1. The van der Waals surface area contributed by atoms with Crippen molar-refractivity contribution in [3.05, 3.63) is 59.7 Å². The normalized spacial score (nSPS) is 10.1. The second-order valence-corrected chi connectivity index (χ2v) is 3.58. The van der Waals surface area contributed by atoms with Gasteiger partial charge >= 0.3 is 5.97 Å². The molecule has 2 aromatic rings. The highest BCUT2D eigenvalue weighted by Gasteiger charge is 2.13. The summed E-state index contributed by atoms with van der Waals surface area (Å²) in [5, 5.41) is 9.12. The first-order valence-corrected chi connectivity index (χ1v) is 5.00. The van der Waals surface area contributed by atoms with E-state index in [2.05, 4.69) is 6.07 Å². The number of aryl methyl sites for hydroxylation is 1. The minimum absolute atomic E-state index is 0.228. The van der Waals surface area contributed by atoms with Gasteiger partial charge in [0, 0.05) is 0 Å². The van der Waals surface area contributed by atoms with Gasteiger partial charge in [-0.3, -0.25) is 0 Å². The van der Waals surface area contributed by atoms with Crippen molar-refractivity contribution >= 4 is 5.97 Å². The van der Waals surface area contributed by atoms with Crippen molar-refractivity contribution in [2.24, 2.45) is 0 Å². The Bertz CT molecular complexity index is 516. The molecule has 0 spiro atoms. The van der Waals surface area contributed by atoms with E-state index in [0.29, 0.717) is 0 Å². The van der Waals surface area contributed by atoms with Crippen LogP contribution < -0.4 is 0 Å². The molecular weight excluding hydrogens is 200 g/mol. The molecule has 1 radical (unpaired) electrons. The zero-order chi connectivity index (χ0) is 11.5. The number of carboxylic acids is 1. The summed E-state index contributed by atoms with van der Waals surface area (Å²) in [5.74, 6) is -0.942. The van der Waals surface area contributed by atoms with Gasteiger partial charge in [-0.2, -0.15) is 0 Å². The van der Waals surface area contributed by atoms with Crippen molar-refractivity contribution in [2.45, 2.75) is 6.92 Å². The molecule has 0 aromatic heterocycles. The van der Waals surface area contributed by atoms with E-state index < -0.39 is 5.97 Å². The number of hydrogen-bond acceptors (Lipinski definition) is 1. The Labute approximate surface area is 94.2 Å². The summed E-state index contributed by atoms with van der Waals surface area (Å²) in [6.07, 6.45) is 0. The molecule has 0 saturated carbocycles. The van der Waals surface area contributed by atoms with Crippen LogP contribution in [0.3, 0.4) is 0 Å². The Balaban J connectivity index is 2.68. The lowest BCUT2D eigenvalue weighted by Gasteiger charge is -2.09. The number of hydrogen-bond donors (Lipinski definition) is 1. The van der Waals surface area contributed by atoms with Crippen molar-refractivity contribution in [2.75, 3.05) is 0 Å². The standard InChI is InChI=1S/C14H11O2/c1-10-6-5-9-12(14(15)16)13(10)11-7-3-2-4-8-11/h2-8H,1H3,(H,15,16). The molecule has 16 heavy (non-hydrogen) atoms. The summed E-state index contributed by atoms with van der Waals surface area (Å²) in [5.41, 5.74) is 2.83. The van der Waals surface area contributed by atoms with Crippen LogP contribution in [0.15, 0.2) is 42.5 Å². The number of carboxylic acid groups (broad SMARTS) is 1. The molecule has 0 unspecified atom stereocenters. The molecule has 0 saturated heterocycles. The van der Waals surface area contributed by atoms with E-state index in [-0.39, 0.29) is 5.56 Å².